The first-order valence-electron chi connectivity index (χ1n) is 12.3. The summed E-state index contributed by atoms with van der Waals surface area (Å²) in [4.78, 5) is 27.1. The van der Waals surface area contributed by atoms with E-state index < -0.39 is 5.91 Å². The van der Waals surface area contributed by atoms with Crippen molar-refractivity contribution < 1.29 is 23.5 Å². The molecule has 38 heavy (non-hydrogen) atoms. The van der Waals surface area contributed by atoms with Crippen LogP contribution in [0.5, 0.6) is 11.5 Å². The SMILES string of the molecule is CCOc1cc(/C=N\NC(=O)c2ccc(N3CCCC3)cc2)cc(Br)c1OCC(=O)Nc1ccc(F)cc1. The number of benzene rings is 3. The fraction of sp³-hybridized carbons (Fsp3) is 0.250. The van der Waals surface area contributed by atoms with Gasteiger partial charge in [0.2, 0.25) is 0 Å². The highest BCUT2D eigenvalue weighted by Gasteiger charge is 2.15. The third-order valence-electron chi connectivity index (χ3n) is 5.79. The molecular formula is C28H28BrFN4O4. The second-order valence-electron chi connectivity index (χ2n) is 8.55. The molecule has 8 nitrogen and oxygen atoms in total. The molecule has 1 aliphatic heterocycles. The van der Waals surface area contributed by atoms with Crippen molar-refractivity contribution in [2.45, 2.75) is 19.8 Å². The van der Waals surface area contributed by atoms with Crippen molar-refractivity contribution in [3.05, 3.63) is 82.1 Å². The quantitative estimate of drug-likeness (QED) is 0.248. The largest absolute Gasteiger partial charge is 0.490 e. The van der Waals surface area contributed by atoms with E-state index in [1.165, 1.54) is 43.3 Å². The van der Waals surface area contributed by atoms with Crippen LogP contribution in [0.2, 0.25) is 0 Å². The maximum Gasteiger partial charge on any atom is 0.271 e. The van der Waals surface area contributed by atoms with Gasteiger partial charge in [0.25, 0.3) is 11.8 Å². The van der Waals surface area contributed by atoms with Gasteiger partial charge in [-0.3, -0.25) is 9.59 Å². The Morgan fingerprint density at radius 3 is 2.45 bits per heavy atom. The predicted octanol–water partition coefficient (Wildman–Crippen LogP) is 5.37. The normalized spacial score (nSPS) is 13.0. The van der Waals surface area contributed by atoms with Gasteiger partial charge < -0.3 is 19.7 Å². The van der Waals surface area contributed by atoms with Crippen molar-refractivity contribution in [3.8, 4) is 11.5 Å². The van der Waals surface area contributed by atoms with Gasteiger partial charge in [-0.25, -0.2) is 9.82 Å². The summed E-state index contributed by atoms with van der Waals surface area (Å²) in [5, 5.41) is 6.71. The van der Waals surface area contributed by atoms with E-state index in [4.69, 9.17) is 9.47 Å². The second kappa shape index (κ2) is 13.0. The maximum absolute atomic E-state index is 13.1. The van der Waals surface area contributed by atoms with Crippen LogP contribution in [0.25, 0.3) is 0 Å². The van der Waals surface area contributed by atoms with E-state index in [9.17, 15) is 14.0 Å². The van der Waals surface area contributed by atoms with E-state index in [1.807, 2.05) is 19.1 Å². The lowest BCUT2D eigenvalue weighted by atomic mass is 10.2. The smallest absolute Gasteiger partial charge is 0.271 e. The fourth-order valence-corrected chi connectivity index (χ4v) is 4.54. The van der Waals surface area contributed by atoms with E-state index in [0.29, 0.717) is 39.4 Å². The summed E-state index contributed by atoms with van der Waals surface area (Å²) in [6.07, 6.45) is 3.88. The number of carbonyl (C=O) groups is 2. The molecule has 2 N–H and O–H groups in total. The number of anilines is 2. The summed E-state index contributed by atoms with van der Waals surface area (Å²) in [5.41, 5.74) is 5.28. The van der Waals surface area contributed by atoms with Crippen LogP contribution in [0.4, 0.5) is 15.8 Å². The molecule has 0 aromatic heterocycles. The van der Waals surface area contributed by atoms with E-state index in [0.717, 1.165) is 18.8 Å². The van der Waals surface area contributed by atoms with Crippen LogP contribution >= 0.6 is 15.9 Å². The van der Waals surface area contributed by atoms with Crippen molar-refractivity contribution in [1.82, 2.24) is 5.43 Å². The lowest BCUT2D eigenvalue weighted by Crippen LogP contribution is -2.20. The van der Waals surface area contributed by atoms with Crippen molar-refractivity contribution >= 4 is 45.3 Å². The van der Waals surface area contributed by atoms with Gasteiger partial charge >= 0.3 is 0 Å². The third-order valence-corrected chi connectivity index (χ3v) is 6.38. The number of amides is 2. The third kappa shape index (κ3) is 7.32. The van der Waals surface area contributed by atoms with Gasteiger partial charge in [0.05, 0.1) is 17.3 Å². The highest BCUT2D eigenvalue weighted by molar-refractivity contribution is 9.10. The Balaban J connectivity index is 1.36. The van der Waals surface area contributed by atoms with Crippen LogP contribution in [-0.2, 0) is 4.79 Å². The number of halogens is 2. The molecule has 0 unspecified atom stereocenters. The van der Waals surface area contributed by atoms with Gasteiger partial charge in [0, 0.05) is 30.0 Å². The van der Waals surface area contributed by atoms with Crippen molar-refractivity contribution in [1.29, 1.82) is 0 Å². The summed E-state index contributed by atoms with van der Waals surface area (Å²) in [6.45, 7) is 4.00. The van der Waals surface area contributed by atoms with E-state index in [-0.39, 0.29) is 18.3 Å². The van der Waals surface area contributed by atoms with Crippen LogP contribution < -0.4 is 25.1 Å². The minimum atomic E-state index is -0.409. The highest BCUT2D eigenvalue weighted by Crippen LogP contribution is 2.36. The van der Waals surface area contributed by atoms with Crippen LogP contribution in [0.15, 0.2) is 70.2 Å². The molecule has 0 atom stereocenters. The van der Waals surface area contributed by atoms with Gasteiger partial charge in [0.15, 0.2) is 18.1 Å². The van der Waals surface area contributed by atoms with Gasteiger partial charge in [-0.2, -0.15) is 5.10 Å². The van der Waals surface area contributed by atoms with Crippen LogP contribution in [-0.4, -0.2) is 44.3 Å². The van der Waals surface area contributed by atoms with Gasteiger partial charge in [-0.15, -0.1) is 0 Å². The number of hydrogen-bond acceptors (Lipinski definition) is 6. The summed E-state index contributed by atoms with van der Waals surface area (Å²) in [5.74, 6) is -0.361. The summed E-state index contributed by atoms with van der Waals surface area (Å²) >= 11 is 3.45. The monoisotopic (exact) mass is 582 g/mol. The van der Waals surface area contributed by atoms with Crippen LogP contribution in [0.3, 0.4) is 0 Å². The molecule has 1 saturated heterocycles. The molecule has 0 spiro atoms. The number of rotatable bonds is 10. The average molecular weight is 583 g/mol. The zero-order valence-corrected chi connectivity index (χ0v) is 22.5. The fourth-order valence-electron chi connectivity index (χ4n) is 3.96. The van der Waals surface area contributed by atoms with Crippen LogP contribution in [0, 0.1) is 5.82 Å². The molecule has 2 amide bonds. The molecule has 3 aromatic rings. The molecule has 1 fully saturated rings. The zero-order chi connectivity index (χ0) is 26.9. The summed E-state index contributed by atoms with van der Waals surface area (Å²) in [6, 6.07) is 16.4. The molecule has 1 heterocycles. The van der Waals surface area contributed by atoms with E-state index in [2.05, 4.69) is 36.7 Å². The van der Waals surface area contributed by atoms with Crippen molar-refractivity contribution in [2.24, 2.45) is 5.10 Å². The van der Waals surface area contributed by atoms with Gasteiger partial charge in [0.1, 0.15) is 5.82 Å². The summed E-state index contributed by atoms with van der Waals surface area (Å²) in [7, 11) is 0. The number of nitrogens with zero attached hydrogens (tertiary/aromatic N) is 2. The van der Waals surface area contributed by atoms with E-state index in [1.54, 1.807) is 24.3 Å². The minimum absolute atomic E-state index is 0.282. The Labute approximate surface area is 228 Å². The van der Waals surface area contributed by atoms with Crippen molar-refractivity contribution in [2.75, 3.05) is 36.5 Å². The number of ether oxygens (including phenoxy) is 2. The molecular weight excluding hydrogens is 555 g/mol. The topological polar surface area (TPSA) is 92.3 Å². The number of nitrogens with one attached hydrogen (secondary N) is 2. The second-order valence-corrected chi connectivity index (χ2v) is 9.40. The molecule has 3 aromatic carbocycles. The van der Waals surface area contributed by atoms with Gasteiger partial charge in [-0.05, 0) is 102 Å². The molecule has 0 bridgehead atoms. The molecule has 0 aliphatic carbocycles. The first-order valence-corrected chi connectivity index (χ1v) is 13.0. The molecule has 0 radical (unpaired) electrons. The lowest BCUT2D eigenvalue weighted by Gasteiger charge is -2.17. The predicted molar refractivity (Wildman–Crippen MR) is 149 cm³/mol. The minimum Gasteiger partial charge on any atom is -0.490 e. The maximum atomic E-state index is 13.1. The Hall–Kier alpha value is -3.92. The number of hydrazone groups is 1. The number of hydrogen-bond donors (Lipinski definition) is 2. The molecule has 4 rings (SSSR count). The Bertz CT molecular complexity index is 1290. The van der Waals surface area contributed by atoms with Gasteiger partial charge in [-0.1, -0.05) is 0 Å². The molecule has 0 saturated carbocycles. The Morgan fingerprint density at radius 2 is 1.76 bits per heavy atom. The zero-order valence-electron chi connectivity index (χ0n) is 20.9. The first kappa shape index (κ1) is 27.1. The Morgan fingerprint density at radius 1 is 1.05 bits per heavy atom. The first-order chi connectivity index (χ1) is 18.4. The Kier molecular flexibility index (Phi) is 9.31. The lowest BCUT2D eigenvalue weighted by molar-refractivity contribution is -0.118. The standard InChI is InChI=1S/C28H28BrFN4O4/c1-2-37-25-16-19(15-24(29)27(25)38-18-26(35)32-22-9-7-21(30)8-10-22)17-31-33-28(36)20-5-11-23(12-6-20)34-13-3-4-14-34/h5-12,15-17H,2-4,13-14,18H2,1H3,(H,32,35)(H,33,36)/b31-17-. The number of carbonyl (C=O) groups excluding carboxylic acids is 2. The summed E-state index contributed by atoms with van der Waals surface area (Å²) < 4.78 is 25.0. The molecule has 1 aliphatic rings. The molecule has 10 heteroatoms. The average Bonchev–Trinajstić information content (AvgIpc) is 3.45. The molecule has 198 valence electrons. The van der Waals surface area contributed by atoms with Crippen molar-refractivity contribution in [3.63, 3.8) is 0 Å². The highest BCUT2D eigenvalue weighted by atomic mass is 79.9. The van der Waals surface area contributed by atoms with Crippen LogP contribution in [0.1, 0.15) is 35.7 Å². The van der Waals surface area contributed by atoms with E-state index >= 15 is 0 Å².